The predicted octanol–water partition coefficient (Wildman–Crippen LogP) is 2.51. The van der Waals surface area contributed by atoms with E-state index in [1.165, 1.54) is 6.20 Å². The molecule has 1 amide bonds. The monoisotopic (exact) mass is 333 g/mol. The molecule has 1 aromatic heterocycles. The zero-order valence-corrected chi connectivity index (χ0v) is 13.0. The summed E-state index contributed by atoms with van der Waals surface area (Å²) in [6.07, 6.45) is 5.53. The number of hydrogen-bond acceptors (Lipinski definition) is 3. The van der Waals surface area contributed by atoms with Gasteiger partial charge in [0.25, 0.3) is 5.91 Å². The Labute approximate surface area is 138 Å². The zero-order valence-electron chi connectivity index (χ0n) is 12.3. The average molecular weight is 334 g/mol. The lowest BCUT2D eigenvalue weighted by molar-refractivity contribution is -0.139. The van der Waals surface area contributed by atoms with Gasteiger partial charge in [0.05, 0.1) is 17.4 Å². The first-order valence-electron chi connectivity index (χ1n) is 7.37. The maximum Gasteiger partial charge on any atom is 0.326 e. The van der Waals surface area contributed by atoms with Gasteiger partial charge in [0, 0.05) is 11.2 Å². The van der Waals surface area contributed by atoms with E-state index in [-0.39, 0.29) is 0 Å². The molecule has 120 valence electrons. The summed E-state index contributed by atoms with van der Waals surface area (Å²) in [7, 11) is 0. The zero-order chi connectivity index (χ0) is 16.4. The topological polar surface area (TPSA) is 84.2 Å². The summed E-state index contributed by atoms with van der Waals surface area (Å²) < 4.78 is 1.54. The minimum atomic E-state index is -1.00. The Balaban J connectivity index is 1.69. The summed E-state index contributed by atoms with van der Waals surface area (Å²) in [5, 5.41) is 16.5. The fraction of sp³-hybridized carbons (Fsp3) is 0.312. The molecule has 7 heteroatoms. The maximum absolute atomic E-state index is 12.2. The Morgan fingerprint density at radius 3 is 2.65 bits per heavy atom. The number of amides is 1. The molecule has 1 unspecified atom stereocenters. The van der Waals surface area contributed by atoms with Gasteiger partial charge in [0.1, 0.15) is 6.04 Å². The number of hydrogen-bond donors (Lipinski definition) is 2. The van der Waals surface area contributed by atoms with Crippen molar-refractivity contribution in [2.45, 2.75) is 25.3 Å². The molecule has 2 N–H and O–H groups in total. The number of benzene rings is 1. The number of halogens is 1. The second kappa shape index (κ2) is 6.42. The summed E-state index contributed by atoms with van der Waals surface area (Å²) in [6, 6.07) is 6.17. The van der Waals surface area contributed by atoms with Gasteiger partial charge in [-0.2, -0.15) is 5.10 Å². The van der Waals surface area contributed by atoms with Gasteiger partial charge in [0.15, 0.2) is 0 Å². The molecule has 23 heavy (non-hydrogen) atoms. The quantitative estimate of drug-likeness (QED) is 0.850. The number of carboxylic acids is 1. The lowest BCUT2D eigenvalue weighted by Gasteiger charge is -2.13. The molecule has 2 aromatic rings. The van der Waals surface area contributed by atoms with E-state index in [1.54, 1.807) is 35.1 Å². The number of carbonyl (C=O) groups excluding carboxylic acids is 1. The molecule has 1 aromatic carbocycles. The molecule has 1 fully saturated rings. The summed E-state index contributed by atoms with van der Waals surface area (Å²) in [4.78, 5) is 23.5. The van der Waals surface area contributed by atoms with Crippen molar-refractivity contribution < 1.29 is 14.7 Å². The standard InChI is InChI=1S/C16H16ClN3O3/c17-12-3-5-13(6-4-12)20-9-11(8-18-20)15(21)19-14(16(22)23)7-10-1-2-10/h3-6,8-10,14H,1-2,7H2,(H,19,21)(H,22,23). The molecule has 0 radical (unpaired) electrons. The second-order valence-corrected chi connectivity index (χ2v) is 6.13. The van der Waals surface area contributed by atoms with Crippen LogP contribution >= 0.6 is 11.6 Å². The molecular formula is C16H16ClN3O3. The van der Waals surface area contributed by atoms with Crippen LogP contribution in [0.5, 0.6) is 0 Å². The smallest absolute Gasteiger partial charge is 0.326 e. The van der Waals surface area contributed by atoms with Crippen LogP contribution in [-0.2, 0) is 4.79 Å². The van der Waals surface area contributed by atoms with Crippen molar-refractivity contribution in [1.29, 1.82) is 0 Å². The second-order valence-electron chi connectivity index (χ2n) is 5.69. The normalized spacial score (nSPS) is 15.2. The maximum atomic E-state index is 12.2. The van der Waals surface area contributed by atoms with E-state index in [9.17, 15) is 14.7 Å². The van der Waals surface area contributed by atoms with Gasteiger partial charge >= 0.3 is 5.97 Å². The van der Waals surface area contributed by atoms with Gasteiger partial charge in [-0.15, -0.1) is 0 Å². The van der Waals surface area contributed by atoms with Crippen LogP contribution in [0.25, 0.3) is 5.69 Å². The van der Waals surface area contributed by atoms with Crippen molar-refractivity contribution in [3.8, 4) is 5.69 Å². The van der Waals surface area contributed by atoms with Gasteiger partial charge in [-0.25, -0.2) is 9.48 Å². The van der Waals surface area contributed by atoms with Gasteiger partial charge in [0.2, 0.25) is 0 Å². The number of aromatic nitrogens is 2. The van der Waals surface area contributed by atoms with E-state index >= 15 is 0 Å². The van der Waals surface area contributed by atoms with Crippen LogP contribution in [0.15, 0.2) is 36.7 Å². The van der Waals surface area contributed by atoms with Crippen molar-refractivity contribution in [2.24, 2.45) is 5.92 Å². The highest BCUT2D eigenvalue weighted by Gasteiger charge is 2.30. The molecule has 1 heterocycles. The van der Waals surface area contributed by atoms with E-state index in [4.69, 9.17) is 11.6 Å². The van der Waals surface area contributed by atoms with Gasteiger partial charge in [-0.3, -0.25) is 4.79 Å². The van der Waals surface area contributed by atoms with E-state index in [0.717, 1.165) is 18.5 Å². The first-order valence-corrected chi connectivity index (χ1v) is 7.75. The number of rotatable bonds is 6. The molecule has 6 nitrogen and oxygen atoms in total. The van der Waals surface area contributed by atoms with Crippen molar-refractivity contribution in [1.82, 2.24) is 15.1 Å². The Kier molecular flexibility index (Phi) is 4.34. The molecule has 1 aliphatic rings. The Hall–Kier alpha value is -2.34. The van der Waals surface area contributed by atoms with E-state index in [2.05, 4.69) is 10.4 Å². The van der Waals surface area contributed by atoms with E-state index < -0.39 is 17.9 Å². The molecule has 0 spiro atoms. The van der Waals surface area contributed by atoms with Gasteiger partial charge in [-0.1, -0.05) is 24.4 Å². The number of carboxylic acid groups (broad SMARTS) is 1. The minimum absolute atomic E-state index is 0.321. The highest BCUT2D eigenvalue weighted by Crippen LogP contribution is 2.33. The van der Waals surface area contributed by atoms with E-state index in [0.29, 0.717) is 22.9 Å². The van der Waals surface area contributed by atoms with Crippen LogP contribution < -0.4 is 5.32 Å². The van der Waals surface area contributed by atoms with Crippen LogP contribution in [-0.4, -0.2) is 32.8 Å². The van der Waals surface area contributed by atoms with Gasteiger partial charge < -0.3 is 10.4 Å². The van der Waals surface area contributed by atoms with Crippen LogP contribution in [0.2, 0.25) is 5.02 Å². The molecule has 1 atom stereocenters. The highest BCUT2D eigenvalue weighted by atomic mass is 35.5. The molecule has 0 saturated heterocycles. The van der Waals surface area contributed by atoms with Crippen LogP contribution in [0.4, 0.5) is 0 Å². The van der Waals surface area contributed by atoms with Crippen molar-refractivity contribution in [2.75, 3.05) is 0 Å². The summed E-state index contributed by atoms with van der Waals surface area (Å²) in [5.74, 6) is -1.03. The van der Waals surface area contributed by atoms with Gasteiger partial charge in [-0.05, 0) is 36.6 Å². The Morgan fingerprint density at radius 1 is 1.35 bits per heavy atom. The van der Waals surface area contributed by atoms with Crippen molar-refractivity contribution in [3.63, 3.8) is 0 Å². The third-order valence-electron chi connectivity index (χ3n) is 3.81. The average Bonchev–Trinajstić information content (AvgIpc) is 3.20. The fourth-order valence-corrected chi connectivity index (χ4v) is 2.45. The molecule has 1 saturated carbocycles. The van der Waals surface area contributed by atoms with Crippen LogP contribution in [0, 0.1) is 5.92 Å². The minimum Gasteiger partial charge on any atom is -0.480 e. The highest BCUT2D eigenvalue weighted by molar-refractivity contribution is 6.30. The first kappa shape index (κ1) is 15.6. The number of carbonyl (C=O) groups is 2. The third kappa shape index (κ3) is 3.90. The largest absolute Gasteiger partial charge is 0.480 e. The molecule has 0 bridgehead atoms. The SMILES string of the molecule is O=C(NC(CC1CC1)C(=O)O)c1cnn(-c2ccc(Cl)cc2)c1. The Bertz CT molecular complexity index is 722. The van der Waals surface area contributed by atoms with Crippen LogP contribution in [0.1, 0.15) is 29.6 Å². The molecule has 1 aliphatic carbocycles. The first-order chi connectivity index (χ1) is 11.0. The summed E-state index contributed by atoms with van der Waals surface area (Å²) in [6.45, 7) is 0. The predicted molar refractivity (Wildman–Crippen MR) is 84.8 cm³/mol. The summed E-state index contributed by atoms with van der Waals surface area (Å²) >= 11 is 5.84. The third-order valence-corrected chi connectivity index (χ3v) is 4.06. The number of nitrogens with zero attached hydrogens (tertiary/aromatic N) is 2. The Morgan fingerprint density at radius 2 is 2.04 bits per heavy atom. The number of nitrogens with one attached hydrogen (secondary N) is 1. The van der Waals surface area contributed by atoms with E-state index in [1.807, 2.05) is 0 Å². The van der Waals surface area contributed by atoms with Crippen LogP contribution in [0.3, 0.4) is 0 Å². The van der Waals surface area contributed by atoms with Crippen molar-refractivity contribution in [3.05, 3.63) is 47.2 Å². The molecule has 0 aliphatic heterocycles. The molecular weight excluding hydrogens is 318 g/mol. The fourth-order valence-electron chi connectivity index (χ4n) is 2.33. The number of aliphatic carboxylic acids is 1. The summed E-state index contributed by atoms with van der Waals surface area (Å²) in [5.41, 5.74) is 1.09. The van der Waals surface area contributed by atoms with Crippen molar-refractivity contribution >= 4 is 23.5 Å². The lowest BCUT2D eigenvalue weighted by atomic mass is 10.1. The molecule has 3 rings (SSSR count). The lowest BCUT2D eigenvalue weighted by Crippen LogP contribution is -2.41.